The summed E-state index contributed by atoms with van der Waals surface area (Å²) in [5, 5.41) is 9.13. The molecule has 1 aromatic carbocycles. The summed E-state index contributed by atoms with van der Waals surface area (Å²) in [6.45, 7) is 11.4. The van der Waals surface area contributed by atoms with Crippen LogP contribution in [0.25, 0.3) is 0 Å². The second kappa shape index (κ2) is 9.92. The molecule has 0 atom stereocenters. The maximum atomic E-state index is 12.2. The van der Waals surface area contributed by atoms with E-state index in [1.807, 2.05) is 31.2 Å². The first-order valence-corrected chi connectivity index (χ1v) is 9.68. The fraction of sp³-hybridized carbons (Fsp3) is 0.476. The van der Waals surface area contributed by atoms with Crippen LogP contribution in [0.3, 0.4) is 0 Å². The minimum Gasteiger partial charge on any atom is -0.443 e. The maximum Gasteiger partial charge on any atom is 0.246 e. The summed E-state index contributed by atoms with van der Waals surface area (Å²) < 4.78 is 5.77. The lowest BCUT2D eigenvalue weighted by Gasteiger charge is -2.13. The van der Waals surface area contributed by atoms with Crippen molar-refractivity contribution in [2.24, 2.45) is 4.99 Å². The molecular formula is C21H31N5O2. The largest absolute Gasteiger partial charge is 0.443 e. The fourth-order valence-electron chi connectivity index (χ4n) is 2.46. The van der Waals surface area contributed by atoms with Gasteiger partial charge in [-0.1, -0.05) is 39.8 Å². The van der Waals surface area contributed by atoms with Crippen molar-refractivity contribution >= 4 is 17.6 Å². The predicted molar refractivity (Wildman–Crippen MR) is 112 cm³/mol. The molecule has 2 rings (SSSR count). The zero-order chi connectivity index (χ0) is 20.6. The van der Waals surface area contributed by atoms with Crippen molar-refractivity contribution < 1.29 is 9.21 Å². The predicted octanol–water partition coefficient (Wildman–Crippen LogP) is 3.23. The van der Waals surface area contributed by atoms with Gasteiger partial charge in [0.15, 0.2) is 5.96 Å². The number of nitrogens with one attached hydrogen (secondary N) is 3. The molecule has 1 amide bonds. The molecular weight excluding hydrogens is 354 g/mol. The molecule has 0 saturated heterocycles. The van der Waals surface area contributed by atoms with Gasteiger partial charge >= 0.3 is 0 Å². The van der Waals surface area contributed by atoms with Crippen LogP contribution in [0.15, 0.2) is 39.9 Å². The zero-order valence-corrected chi connectivity index (χ0v) is 17.4. The monoisotopic (exact) mass is 385 g/mol. The lowest BCUT2D eigenvalue weighted by atomic mass is 9.94. The number of carbonyl (C=O) groups is 1. The lowest BCUT2D eigenvalue weighted by Crippen LogP contribution is -2.37. The van der Waals surface area contributed by atoms with E-state index in [1.165, 1.54) is 5.56 Å². The Morgan fingerprint density at radius 1 is 1.21 bits per heavy atom. The number of rotatable bonds is 7. The first-order chi connectivity index (χ1) is 13.3. The van der Waals surface area contributed by atoms with Gasteiger partial charge in [-0.25, -0.2) is 9.98 Å². The van der Waals surface area contributed by atoms with Crippen LogP contribution in [0.5, 0.6) is 0 Å². The van der Waals surface area contributed by atoms with Crippen LogP contribution in [0.2, 0.25) is 0 Å². The van der Waals surface area contributed by atoms with E-state index in [0.29, 0.717) is 24.9 Å². The molecule has 152 valence electrons. The number of aromatic nitrogens is 1. The topological polar surface area (TPSA) is 91.5 Å². The van der Waals surface area contributed by atoms with Gasteiger partial charge in [0.2, 0.25) is 11.8 Å². The Kier molecular flexibility index (Phi) is 7.61. The first-order valence-electron chi connectivity index (χ1n) is 9.68. The van der Waals surface area contributed by atoms with Crippen molar-refractivity contribution in [1.82, 2.24) is 15.6 Å². The fourth-order valence-corrected chi connectivity index (χ4v) is 2.46. The summed E-state index contributed by atoms with van der Waals surface area (Å²) >= 11 is 0. The molecule has 7 nitrogen and oxygen atoms in total. The lowest BCUT2D eigenvalue weighted by molar-refractivity contribution is -0.114. The third-order valence-electron chi connectivity index (χ3n) is 4.04. The minimum absolute atomic E-state index is 0.0184. The van der Waals surface area contributed by atoms with Gasteiger partial charge < -0.3 is 20.4 Å². The Balaban J connectivity index is 1.92. The highest BCUT2D eigenvalue weighted by molar-refractivity contribution is 5.94. The average molecular weight is 386 g/mol. The SMILES string of the molecule is CCNC(=NCC(=O)Nc1cccc(CC)c1)NCc1ncc(C(C)(C)C)o1. The molecule has 0 fully saturated rings. The molecule has 3 N–H and O–H groups in total. The first kappa shape index (κ1) is 21.5. The number of aliphatic imine (C=N–C) groups is 1. The standard InChI is InChI=1S/C21H31N5O2/c1-6-15-9-8-10-16(11-15)26-18(27)13-24-20(22-7-2)25-14-19-23-12-17(28-19)21(3,4)5/h8-12H,6-7,13-14H2,1-5H3,(H,26,27)(H2,22,24,25). The van der Waals surface area contributed by atoms with Crippen molar-refractivity contribution in [3.63, 3.8) is 0 Å². The number of amides is 1. The van der Waals surface area contributed by atoms with Gasteiger partial charge in [-0.05, 0) is 31.0 Å². The molecule has 0 radical (unpaired) electrons. The van der Waals surface area contributed by atoms with E-state index in [1.54, 1.807) is 6.20 Å². The molecule has 1 aromatic heterocycles. The zero-order valence-electron chi connectivity index (χ0n) is 17.4. The smallest absolute Gasteiger partial charge is 0.246 e. The number of hydrogen-bond donors (Lipinski definition) is 3. The third kappa shape index (κ3) is 6.72. The summed E-state index contributed by atoms with van der Waals surface area (Å²) in [7, 11) is 0. The van der Waals surface area contributed by atoms with Crippen molar-refractivity contribution in [3.05, 3.63) is 47.7 Å². The van der Waals surface area contributed by atoms with Crippen LogP contribution in [0, 0.1) is 0 Å². The van der Waals surface area contributed by atoms with Crippen molar-refractivity contribution in [3.8, 4) is 0 Å². The van der Waals surface area contributed by atoms with Crippen LogP contribution in [-0.2, 0) is 23.2 Å². The molecule has 28 heavy (non-hydrogen) atoms. The quantitative estimate of drug-likeness (QED) is 0.503. The molecule has 0 unspecified atom stereocenters. The van der Waals surface area contributed by atoms with Crippen molar-refractivity contribution in [2.75, 3.05) is 18.4 Å². The highest BCUT2D eigenvalue weighted by Gasteiger charge is 2.19. The van der Waals surface area contributed by atoms with E-state index in [-0.39, 0.29) is 17.9 Å². The summed E-state index contributed by atoms with van der Waals surface area (Å²) in [6.07, 6.45) is 2.67. The summed E-state index contributed by atoms with van der Waals surface area (Å²) in [6, 6.07) is 7.82. The van der Waals surface area contributed by atoms with Gasteiger partial charge in [0.1, 0.15) is 12.3 Å². The Labute approximate surface area is 167 Å². The number of benzene rings is 1. The van der Waals surface area contributed by atoms with Gasteiger partial charge in [-0.15, -0.1) is 0 Å². The summed E-state index contributed by atoms with van der Waals surface area (Å²) in [5.41, 5.74) is 1.88. The summed E-state index contributed by atoms with van der Waals surface area (Å²) in [4.78, 5) is 20.8. The number of oxazole rings is 1. The van der Waals surface area contributed by atoms with Crippen LogP contribution in [0.1, 0.15) is 51.8 Å². The van der Waals surface area contributed by atoms with Gasteiger partial charge in [0, 0.05) is 17.6 Å². The summed E-state index contributed by atoms with van der Waals surface area (Å²) in [5.74, 6) is 1.78. The molecule has 0 saturated carbocycles. The van der Waals surface area contributed by atoms with E-state index < -0.39 is 0 Å². The second-order valence-electron chi connectivity index (χ2n) is 7.52. The van der Waals surface area contributed by atoms with E-state index in [2.05, 4.69) is 53.6 Å². The van der Waals surface area contributed by atoms with Crippen molar-refractivity contribution in [1.29, 1.82) is 0 Å². The van der Waals surface area contributed by atoms with Crippen LogP contribution >= 0.6 is 0 Å². The van der Waals surface area contributed by atoms with Crippen LogP contribution in [0.4, 0.5) is 5.69 Å². The van der Waals surface area contributed by atoms with Gasteiger partial charge in [0.25, 0.3) is 0 Å². The minimum atomic E-state index is -0.170. The highest BCUT2D eigenvalue weighted by atomic mass is 16.4. The van der Waals surface area contributed by atoms with Crippen LogP contribution in [-0.4, -0.2) is 29.9 Å². The second-order valence-corrected chi connectivity index (χ2v) is 7.52. The molecule has 1 heterocycles. The van der Waals surface area contributed by atoms with E-state index in [0.717, 1.165) is 17.9 Å². The molecule has 0 aliphatic rings. The van der Waals surface area contributed by atoms with Gasteiger partial charge in [-0.3, -0.25) is 4.79 Å². The Bertz CT molecular complexity index is 805. The van der Waals surface area contributed by atoms with E-state index in [4.69, 9.17) is 4.42 Å². The van der Waals surface area contributed by atoms with Gasteiger partial charge in [0.05, 0.1) is 12.7 Å². The number of guanidine groups is 1. The van der Waals surface area contributed by atoms with E-state index >= 15 is 0 Å². The Hall–Kier alpha value is -2.83. The third-order valence-corrected chi connectivity index (χ3v) is 4.04. The number of carbonyl (C=O) groups excluding carboxylic acids is 1. The number of anilines is 1. The highest BCUT2D eigenvalue weighted by Crippen LogP contribution is 2.22. The maximum absolute atomic E-state index is 12.2. The molecule has 0 aliphatic heterocycles. The molecule has 0 aliphatic carbocycles. The van der Waals surface area contributed by atoms with Crippen LogP contribution < -0.4 is 16.0 Å². The van der Waals surface area contributed by atoms with Crippen molar-refractivity contribution in [2.45, 2.75) is 53.0 Å². The molecule has 0 bridgehead atoms. The average Bonchev–Trinajstić information content (AvgIpc) is 3.13. The molecule has 2 aromatic rings. The van der Waals surface area contributed by atoms with Gasteiger partial charge in [-0.2, -0.15) is 0 Å². The Morgan fingerprint density at radius 2 is 2.00 bits per heavy atom. The van der Waals surface area contributed by atoms with E-state index in [9.17, 15) is 4.79 Å². The number of nitrogens with zero attached hydrogens (tertiary/aromatic N) is 2. The normalized spacial score (nSPS) is 12.0. The number of hydrogen-bond acceptors (Lipinski definition) is 4. The number of aryl methyl sites for hydroxylation is 1. The Morgan fingerprint density at radius 3 is 2.64 bits per heavy atom. The molecule has 0 spiro atoms. The molecule has 7 heteroatoms.